The highest BCUT2D eigenvalue weighted by atomic mass is 35.7. The summed E-state index contributed by atoms with van der Waals surface area (Å²) in [5.41, 5.74) is -0.0975. The minimum absolute atomic E-state index is 0.0975. The van der Waals surface area contributed by atoms with Gasteiger partial charge in [0.1, 0.15) is 0 Å². The predicted molar refractivity (Wildman–Crippen MR) is 66.0 cm³/mol. The molecule has 100 valence electrons. The Balaban J connectivity index is 3.64. The molecule has 0 unspecified atom stereocenters. The van der Waals surface area contributed by atoms with Crippen LogP contribution >= 0.6 is 10.7 Å². The second-order valence-electron chi connectivity index (χ2n) is 3.48. The van der Waals surface area contributed by atoms with E-state index >= 15 is 0 Å². The molecule has 18 heavy (non-hydrogen) atoms. The van der Waals surface area contributed by atoms with Gasteiger partial charge in [0, 0.05) is 29.5 Å². The Morgan fingerprint density at radius 2 is 1.61 bits per heavy atom. The van der Waals surface area contributed by atoms with Gasteiger partial charge in [-0.15, -0.1) is 0 Å². The van der Waals surface area contributed by atoms with Crippen LogP contribution in [-0.4, -0.2) is 36.0 Å². The van der Waals surface area contributed by atoms with Crippen LogP contribution < -0.4 is 5.32 Å². The van der Waals surface area contributed by atoms with E-state index in [-0.39, 0.29) is 10.5 Å². The van der Waals surface area contributed by atoms with Gasteiger partial charge in [-0.2, -0.15) is 0 Å². The molecule has 0 fully saturated rings. The van der Waals surface area contributed by atoms with Crippen molar-refractivity contribution < 1.29 is 21.6 Å². The molecule has 1 rings (SSSR count). The molecular formula is C9H10ClNO5S2. The van der Waals surface area contributed by atoms with Crippen LogP contribution in [-0.2, 0) is 18.9 Å². The molecule has 6 nitrogen and oxygen atoms in total. The first kappa shape index (κ1) is 14.9. The fourth-order valence-corrected chi connectivity index (χ4v) is 2.76. The Labute approximate surface area is 109 Å². The third-order valence-electron chi connectivity index (χ3n) is 2.08. The summed E-state index contributed by atoms with van der Waals surface area (Å²) in [5.74, 6) is -0.609. The average Bonchev–Trinajstić information content (AvgIpc) is 2.25. The largest absolute Gasteiger partial charge is 0.355 e. The molecule has 0 aromatic heterocycles. The van der Waals surface area contributed by atoms with Gasteiger partial charge in [-0.3, -0.25) is 4.79 Å². The molecule has 0 aliphatic rings. The SMILES string of the molecule is CNC(=O)c1cc(S(C)(=O)=O)cc(S(=O)(=O)Cl)c1. The Morgan fingerprint density at radius 1 is 1.11 bits per heavy atom. The van der Waals surface area contributed by atoms with Gasteiger partial charge in [0.05, 0.1) is 9.79 Å². The molecule has 0 aliphatic carbocycles. The maximum atomic E-state index is 11.4. The lowest BCUT2D eigenvalue weighted by Gasteiger charge is -2.06. The number of carbonyl (C=O) groups excluding carboxylic acids is 1. The summed E-state index contributed by atoms with van der Waals surface area (Å²) >= 11 is 0. The molecule has 1 amide bonds. The normalized spacial score (nSPS) is 12.2. The van der Waals surface area contributed by atoms with E-state index in [2.05, 4.69) is 5.32 Å². The Bertz CT molecular complexity index is 643. The van der Waals surface area contributed by atoms with Gasteiger partial charge in [-0.1, -0.05) is 0 Å². The molecule has 0 radical (unpaired) electrons. The Kier molecular flexibility index (Phi) is 4.04. The van der Waals surface area contributed by atoms with Gasteiger partial charge in [0.25, 0.3) is 15.0 Å². The third kappa shape index (κ3) is 3.44. The first-order valence-corrected chi connectivity index (χ1v) is 8.77. The van der Waals surface area contributed by atoms with Gasteiger partial charge >= 0.3 is 0 Å². The minimum Gasteiger partial charge on any atom is -0.355 e. The number of hydrogen-bond acceptors (Lipinski definition) is 5. The lowest BCUT2D eigenvalue weighted by Crippen LogP contribution is -2.18. The number of hydrogen-bond donors (Lipinski definition) is 1. The zero-order chi connectivity index (χ0) is 14.1. The molecule has 0 saturated carbocycles. The van der Waals surface area contributed by atoms with E-state index in [0.29, 0.717) is 0 Å². The standard InChI is InChI=1S/C9H10ClNO5S2/c1-11-9(12)6-3-7(17(2,13)14)5-8(4-6)18(10,15)16/h3-5H,1-2H3,(H,11,12). The molecule has 1 aromatic rings. The molecule has 1 N–H and O–H groups in total. The molecule has 9 heteroatoms. The van der Waals surface area contributed by atoms with E-state index in [4.69, 9.17) is 10.7 Å². The molecule has 0 saturated heterocycles. The maximum Gasteiger partial charge on any atom is 0.261 e. The summed E-state index contributed by atoms with van der Waals surface area (Å²) in [6.07, 6.45) is 0.903. The summed E-state index contributed by atoms with van der Waals surface area (Å²) in [6.45, 7) is 0. The summed E-state index contributed by atoms with van der Waals surface area (Å²) in [7, 11) is -1.29. The smallest absolute Gasteiger partial charge is 0.261 e. The molecule has 0 aliphatic heterocycles. The van der Waals surface area contributed by atoms with Gasteiger partial charge < -0.3 is 5.32 Å². The molecule has 0 atom stereocenters. The molecule has 1 aromatic carbocycles. The fraction of sp³-hybridized carbons (Fsp3) is 0.222. The number of carbonyl (C=O) groups is 1. The first-order valence-electron chi connectivity index (χ1n) is 4.57. The zero-order valence-corrected chi connectivity index (χ0v) is 11.9. The Morgan fingerprint density at radius 3 is 2.00 bits per heavy atom. The average molecular weight is 312 g/mol. The van der Waals surface area contributed by atoms with Crippen LogP contribution in [0.25, 0.3) is 0 Å². The zero-order valence-electron chi connectivity index (χ0n) is 9.47. The highest BCUT2D eigenvalue weighted by Crippen LogP contribution is 2.21. The number of nitrogens with one attached hydrogen (secondary N) is 1. The van der Waals surface area contributed by atoms with E-state index in [1.807, 2.05) is 0 Å². The second kappa shape index (κ2) is 4.87. The van der Waals surface area contributed by atoms with Crippen molar-refractivity contribution in [2.45, 2.75) is 9.79 Å². The summed E-state index contributed by atoms with van der Waals surface area (Å²) < 4.78 is 45.2. The molecule has 0 spiro atoms. The second-order valence-corrected chi connectivity index (χ2v) is 8.06. The van der Waals surface area contributed by atoms with Crippen molar-refractivity contribution in [1.29, 1.82) is 0 Å². The van der Waals surface area contributed by atoms with Crippen molar-refractivity contribution in [3.63, 3.8) is 0 Å². The number of rotatable bonds is 3. The highest BCUT2D eigenvalue weighted by Gasteiger charge is 2.19. The van der Waals surface area contributed by atoms with Crippen molar-refractivity contribution in [1.82, 2.24) is 5.32 Å². The Hall–Kier alpha value is -1.12. The van der Waals surface area contributed by atoms with Crippen LogP contribution in [0.15, 0.2) is 28.0 Å². The van der Waals surface area contributed by atoms with Crippen molar-refractivity contribution in [2.24, 2.45) is 0 Å². The monoisotopic (exact) mass is 311 g/mol. The molecular weight excluding hydrogens is 302 g/mol. The summed E-state index contributed by atoms with van der Waals surface area (Å²) in [4.78, 5) is 10.7. The summed E-state index contributed by atoms with van der Waals surface area (Å²) in [6, 6.07) is 3.00. The lowest BCUT2D eigenvalue weighted by atomic mass is 10.2. The van der Waals surface area contributed by atoms with E-state index in [1.54, 1.807) is 0 Å². The van der Waals surface area contributed by atoms with Gasteiger partial charge in [-0.05, 0) is 18.2 Å². The van der Waals surface area contributed by atoms with Crippen molar-refractivity contribution in [2.75, 3.05) is 13.3 Å². The maximum absolute atomic E-state index is 11.4. The van der Waals surface area contributed by atoms with Crippen molar-refractivity contribution in [3.8, 4) is 0 Å². The van der Waals surface area contributed by atoms with E-state index in [0.717, 1.165) is 24.5 Å². The van der Waals surface area contributed by atoms with Crippen LogP contribution in [0.5, 0.6) is 0 Å². The first-order chi connectivity index (χ1) is 8.05. The number of halogens is 1. The molecule has 0 heterocycles. The van der Waals surface area contributed by atoms with Crippen LogP contribution in [0.1, 0.15) is 10.4 Å². The van der Waals surface area contributed by atoms with Gasteiger partial charge in [0.2, 0.25) is 0 Å². The van der Waals surface area contributed by atoms with Gasteiger partial charge in [-0.25, -0.2) is 16.8 Å². The van der Waals surface area contributed by atoms with E-state index in [9.17, 15) is 21.6 Å². The lowest BCUT2D eigenvalue weighted by molar-refractivity contribution is 0.0962. The predicted octanol–water partition coefficient (Wildman–Crippen LogP) is 0.377. The van der Waals surface area contributed by atoms with Crippen LogP contribution in [0.2, 0.25) is 0 Å². The quantitative estimate of drug-likeness (QED) is 0.814. The molecule has 0 bridgehead atoms. The number of sulfone groups is 1. The van der Waals surface area contributed by atoms with Crippen molar-refractivity contribution >= 4 is 35.5 Å². The van der Waals surface area contributed by atoms with Crippen LogP contribution in [0.3, 0.4) is 0 Å². The third-order valence-corrected chi connectivity index (χ3v) is 4.50. The van der Waals surface area contributed by atoms with E-state index in [1.165, 1.54) is 7.05 Å². The fourth-order valence-electron chi connectivity index (χ4n) is 1.20. The van der Waals surface area contributed by atoms with E-state index < -0.39 is 29.7 Å². The van der Waals surface area contributed by atoms with Crippen LogP contribution in [0, 0.1) is 0 Å². The number of amides is 1. The summed E-state index contributed by atoms with van der Waals surface area (Å²) in [5, 5.41) is 2.27. The minimum atomic E-state index is -4.12. The van der Waals surface area contributed by atoms with Crippen molar-refractivity contribution in [3.05, 3.63) is 23.8 Å². The van der Waals surface area contributed by atoms with Gasteiger partial charge in [0.15, 0.2) is 9.84 Å². The van der Waals surface area contributed by atoms with Crippen LogP contribution in [0.4, 0.5) is 0 Å². The topological polar surface area (TPSA) is 97.4 Å². The number of benzene rings is 1. The highest BCUT2D eigenvalue weighted by molar-refractivity contribution is 8.13.